The van der Waals surface area contributed by atoms with Crippen LogP contribution >= 0.6 is 0 Å². The molecule has 0 aromatic carbocycles. The molecule has 17 heavy (non-hydrogen) atoms. The van der Waals surface area contributed by atoms with Crippen LogP contribution in [0.5, 0.6) is 0 Å². The van der Waals surface area contributed by atoms with Crippen molar-refractivity contribution in [2.24, 2.45) is 5.41 Å². The van der Waals surface area contributed by atoms with Gasteiger partial charge in [-0.25, -0.2) is 0 Å². The first-order valence-electron chi connectivity index (χ1n) is 6.02. The van der Waals surface area contributed by atoms with Gasteiger partial charge in [0.05, 0.1) is 5.41 Å². The number of rotatable bonds is 7. The zero-order valence-corrected chi connectivity index (χ0v) is 11.5. The maximum atomic E-state index is 11.5. The highest BCUT2D eigenvalue weighted by Gasteiger charge is 2.26. The molecule has 0 bridgehead atoms. The predicted molar refractivity (Wildman–Crippen MR) is 68.6 cm³/mol. The molecule has 100 valence electrons. The van der Waals surface area contributed by atoms with E-state index in [1.165, 1.54) is 0 Å². The van der Waals surface area contributed by atoms with Gasteiger partial charge in [-0.2, -0.15) is 0 Å². The molecule has 0 aliphatic carbocycles. The lowest BCUT2D eigenvalue weighted by atomic mass is 9.92. The fourth-order valence-corrected chi connectivity index (χ4v) is 1.30. The molecule has 0 aliphatic rings. The number of amides is 2. The second kappa shape index (κ2) is 7.27. The molecule has 0 aromatic rings. The van der Waals surface area contributed by atoms with Crippen LogP contribution in [0.1, 0.15) is 34.1 Å². The summed E-state index contributed by atoms with van der Waals surface area (Å²) in [7, 11) is 1.60. The molecular formula is C12H25N3O2. The molecule has 0 rings (SSSR count). The van der Waals surface area contributed by atoms with E-state index in [1.807, 2.05) is 13.8 Å². The summed E-state index contributed by atoms with van der Waals surface area (Å²) >= 11 is 0. The number of nitrogens with one attached hydrogen (secondary N) is 3. The second-order valence-corrected chi connectivity index (χ2v) is 5.10. The summed E-state index contributed by atoms with van der Waals surface area (Å²) in [5.41, 5.74) is -0.574. The standard InChI is InChI=1S/C12H25N3O2/c1-9(2)14-7-6-10(16)15-8-12(3,4)11(17)13-5/h9,14H,6-8H2,1-5H3,(H,13,17)(H,15,16). The highest BCUT2D eigenvalue weighted by molar-refractivity contribution is 5.83. The molecule has 5 nitrogen and oxygen atoms in total. The molecule has 0 saturated carbocycles. The van der Waals surface area contributed by atoms with Gasteiger partial charge >= 0.3 is 0 Å². The van der Waals surface area contributed by atoms with E-state index in [0.717, 1.165) is 0 Å². The zero-order valence-electron chi connectivity index (χ0n) is 11.5. The van der Waals surface area contributed by atoms with Gasteiger partial charge in [0.15, 0.2) is 0 Å². The Hall–Kier alpha value is -1.10. The summed E-state index contributed by atoms with van der Waals surface area (Å²) in [5.74, 6) is -0.103. The SMILES string of the molecule is CNC(=O)C(C)(C)CNC(=O)CCNC(C)C. The maximum Gasteiger partial charge on any atom is 0.227 e. The van der Waals surface area contributed by atoms with Crippen LogP contribution in [-0.2, 0) is 9.59 Å². The fraction of sp³-hybridized carbons (Fsp3) is 0.833. The van der Waals surface area contributed by atoms with Crippen LogP contribution in [0.4, 0.5) is 0 Å². The van der Waals surface area contributed by atoms with E-state index in [-0.39, 0.29) is 11.8 Å². The van der Waals surface area contributed by atoms with E-state index in [0.29, 0.717) is 25.6 Å². The van der Waals surface area contributed by atoms with Crippen LogP contribution in [0, 0.1) is 5.41 Å². The lowest BCUT2D eigenvalue weighted by Gasteiger charge is -2.22. The van der Waals surface area contributed by atoms with Crippen LogP contribution in [0.2, 0.25) is 0 Å². The van der Waals surface area contributed by atoms with E-state index in [1.54, 1.807) is 20.9 Å². The first-order chi connectivity index (χ1) is 7.79. The van der Waals surface area contributed by atoms with Crippen molar-refractivity contribution < 1.29 is 9.59 Å². The third kappa shape index (κ3) is 6.94. The summed E-state index contributed by atoms with van der Waals surface area (Å²) < 4.78 is 0. The van der Waals surface area contributed by atoms with Crippen molar-refractivity contribution in [2.75, 3.05) is 20.1 Å². The summed E-state index contributed by atoms with van der Waals surface area (Å²) in [6.07, 6.45) is 0.433. The Morgan fingerprint density at radius 3 is 2.29 bits per heavy atom. The van der Waals surface area contributed by atoms with Gasteiger partial charge in [-0.1, -0.05) is 13.8 Å². The summed E-state index contributed by atoms with van der Waals surface area (Å²) in [5, 5.41) is 8.52. The van der Waals surface area contributed by atoms with Crippen LogP contribution < -0.4 is 16.0 Å². The Bertz CT molecular complexity index is 262. The Morgan fingerprint density at radius 1 is 1.24 bits per heavy atom. The molecule has 0 saturated heterocycles. The van der Waals surface area contributed by atoms with E-state index < -0.39 is 5.41 Å². The van der Waals surface area contributed by atoms with Crippen molar-refractivity contribution in [3.8, 4) is 0 Å². The number of hydrogen-bond donors (Lipinski definition) is 3. The molecule has 0 aliphatic heterocycles. The molecule has 0 fully saturated rings. The third-order valence-corrected chi connectivity index (χ3v) is 2.47. The van der Waals surface area contributed by atoms with Crippen LogP contribution in [0.15, 0.2) is 0 Å². The van der Waals surface area contributed by atoms with Crippen molar-refractivity contribution in [3.05, 3.63) is 0 Å². The Balaban J connectivity index is 3.87. The highest BCUT2D eigenvalue weighted by Crippen LogP contribution is 2.12. The van der Waals surface area contributed by atoms with Gasteiger partial charge in [0.2, 0.25) is 11.8 Å². The maximum absolute atomic E-state index is 11.5. The first-order valence-corrected chi connectivity index (χ1v) is 6.02. The first kappa shape index (κ1) is 15.9. The van der Waals surface area contributed by atoms with E-state index >= 15 is 0 Å². The third-order valence-electron chi connectivity index (χ3n) is 2.47. The van der Waals surface area contributed by atoms with Gasteiger partial charge in [0.1, 0.15) is 0 Å². The second-order valence-electron chi connectivity index (χ2n) is 5.10. The minimum atomic E-state index is -0.574. The zero-order chi connectivity index (χ0) is 13.5. The van der Waals surface area contributed by atoms with Crippen molar-refractivity contribution in [1.82, 2.24) is 16.0 Å². The van der Waals surface area contributed by atoms with E-state index in [4.69, 9.17) is 0 Å². The van der Waals surface area contributed by atoms with Crippen LogP contribution in [0.25, 0.3) is 0 Å². The van der Waals surface area contributed by atoms with Gasteiger partial charge in [-0.3, -0.25) is 9.59 Å². The number of carbonyl (C=O) groups excluding carboxylic acids is 2. The molecule has 0 atom stereocenters. The van der Waals surface area contributed by atoms with E-state index in [9.17, 15) is 9.59 Å². The topological polar surface area (TPSA) is 70.2 Å². The van der Waals surface area contributed by atoms with Crippen molar-refractivity contribution in [2.45, 2.75) is 40.2 Å². The molecule has 2 amide bonds. The molecule has 0 aromatic heterocycles. The molecule has 0 unspecified atom stereocenters. The Labute approximate surface area is 104 Å². The Morgan fingerprint density at radius 2 is 1.82 bits per heavy atom. The minimum absolute atomic E-state index is 0.0323. The van der Waals surface area contributed by atoms with Gasteiger partial charge in [-0.05, 0) is 13.8 Å². The Kier molecular flexibility index (Phi) is 6.80. The molecule has 0 radical (unpaired) electrons. The lowest BCUT2D eigenvalue weighted by Crippen LogP contribution is -2.44. The van der Waals surface area contributed by atoms with Gasteiger partial charge < -0.3 is 16.0 Å². The largest absolute Gasteiger partial charge is 0.359 e. The number of hydrogen-bond acceptors (Lipinski definition) is 3. The minimum Gasteiger partial charge on any atom is -0.359 e. The van der Waals surface area contributed by atoms with Gasteiger partial charge in [0.25, 0.3) is 0 Å². The summed E-state index contributed by atoms with van der Waals surface area (Å²) in [6.45, 7) is 8.69. The molecule has 3 N–H and O–H groups in total. The molecular weight excluding hydrogens is 218 g/mol. The molecule has 5 heteroatoms. The van der Waals surface area contributed by atoms with Crippen molar-refractivity contribution in [1.29, 1.82) is 0 Å². The van der Waals surface area contributed by atoms with Crippen molar-refractivity contribution in [3.63, 3.8) is 0 Å². The quantitative estimate of drug-likeness (QED) is 0.601. The van der Waals surface area contributed by atoms with Crippen LogP contribution in [-0.4, -0.2) is 38.0 Å². The predicted octanol–water partition coefficient (Wildman–Crippen LogP) is 0.263. The normalized spacial score (nSPS) is 11.4. The number of carbonyl (C=O) groups is 2. The fourth-order valence-electron chi connectivity index (χ4n) is 1.30. The van der Waals surface area contributed by atoms with Gasteiger partial charge in [-0.15, -0.1) is 0 Å². The molecule has 0 spiro atoms. The van der Waals surface area contributed by atoms with E-state index in [2.05, 4.69) is 16.0 Å². The highest BCUT2D eigenvalue weighted by atomic mass is 16.2. The average molecular weight is 243 g/mol. The molecule has 0 heterocycles. The van der Waals surface area contributed by atoms with Crippen molar-refractivity contribution >= 4 is 11.8 Å². The van der Waals surface area contributed by atoms with Gasteiger partial charge in [0, 0.05) is 32.6 Å². The summed E-state index contributed by atoms with van der Waals surface area (Å²) in [6, 6.07) is 0.380. The monoisotopic (exact) mass is 243 g/mol. The average Bonchev–Trinajstić information content (AvgIpc) is 2.24. The smallest absolute Gasteiger partial charge is 0.227 e. The lowest BCUT2D eigenvalue weighted by molar-refractivity contribution is -0.129. The van der Waals surface area contributed by atoms with Crippen LogP contribution in [0.3, 0.4) is 0 Å². The summed E-state index contributed by atoms with van der Waals surface area (Å²) in [4.78, 5) is 23.0.